The molecule has 104 valence electrons. The molecule has 1 saturated heterocycles. The lowest BCUT2D eigenvalue weighted by atomic mass is 9.81. The van der Waals surface area contributed by atoms with Crippen molar-refractivity contribution in [1.82, 2.24) is 4.90 Å². The maximum atomic E-state index is 12.7. The predicted molar refractivity (Wildman–Crippen MR) is 74.5 cm³/mol. The summed E-state index contributed by atoms with van der Waals surface area (Å²) in [6, 6.07) is 9.73. The highest BCUT2D eigenvalue weighted by molar-refractivity contribution is 6.06. The van der Waals surface area contributed by atoms with Crippen LogP contribution in [0.5, 0.6) is 0 Å². The average Bonchev–Trinajstić information content (AvgIpc) is 3.14. The monoisotopic (exact) mass is 269 g/mol. The molecule has 0 unspecified atom stereocenters. The van der Waals surface area contributed by atoms with Gasteiger partial charge in [-0.2, -0.15) is 0 Å². The number of hydrogen-bond acceptors (Lipinski definition) is 2. The van der Waals surface area contributed by atoms with Crippen molar-refractivity contribution >= 4 is 11.8 Å². The molecule has 5 atom stereocenters. The van der Waals surface area contributed by atoms with Crippen molar-refractivity contribution in [2.75, 3.05) is 0 Å². The van der Waals surface area contributed by atoms with Gasteiger partial charge in [-0.3, -0.25) is 14.5 Å². The van der Waals surface area contributed by atoms with E-state index in [9.17, 15) is 9.59 Å². The van der Waals surface area contributed by atoms with E-state index in [-0.39, 0.29) is 29.7 Å². The number of amides is 2. The van der Waals surface area contributed by atoms with Crippen LogP contribution in [0, 0.1) is 23.7 Å². The molecule has 2 amide bonds. The largest absolute Gasteiger partial charge is 0.275 e. The smallest absolute Gasteiger partial charge is 0.233 e. The van der Waals surface area contributed by atoms with E-state index in [0.717, 1.165) is 24.8 Å². The molecule has 4 rings (SSSR count). The number of rotatable bonds is 2. The Morgan fingerprint density at radius 3 is 2.10 bits per heavy atom. The highest BCUT2D eigenvalue weighted by Crippen LogP contribution is 2.57. The molecule has 3 aliphatic rings. The lowest BCUT2D eigenvalue weighted by Crippen LogP contribution is -2.35. The number of benzene rings is 1. The second-order valence-corrected chi connectivity index (χ2v) is 6.52. The van der Waals surface area contributed by atoms with Gasteiger partial charge in [-0.15, -0.1) is 0 Å². The quantitative estimate of drug-likeness (QED) is 0.774. The predicted octanol–water partition coefficient (Wildman–Crippen LogP) is 2.78. The fourth-order valence-electron chi connectivity index (χ4n) is 4.69. The normalized spacial score (nSPS) is 36.5. The molecule has 3 heteroatoms. The molecule has 20 heavy (non-hydrogen) atoms. The maximum absolute atomic E-state index is 12.7. The highest BCUT2D eigenvalue weighted by Gasteiger charge is 2.61. The maximum Gasteiger partial charge on any atom is 0.233 e. The van der Waals surface area contributed by atoms with Gasteiger partial charge >= 0.3 is 0 Å². The Kier molecular flexibility index (Phi) is 2.53. The van der Waals surface area contributed by atoms with Gasteiger partial charge in [0.05, 0.1) is 17.9 Å². The van der Waals surface area contributed by atoms with E-state index in [4.69, 9.17) is 0 Å². The third kappa shape index (κ3) is 1.46. The number of likely N-dealkylation sites (tertiary alicyclic amines) is 1. The van der Waals surface area contributed by atoms with Crippen molar-refractivity contribution in [2.45, 2.75) is 32.2 Å². The molecule has 1 aliphatic heterocycles. The van der Waals surface area contributed by atoms with Crippen molar-refractivity contribution in [3.8, 4) is 0 Å². The number of carbonyl (C=O) groups excluding carboxylic acids is 2. The third-order valence-electron chi connectivity index (χ3n) is 5.63. The summed E-state index contributed by atoms with van der Waals surface area (Å²) in [6.45, 7) is 1.97. The summed E-state index contributed by atoms with van der Waals surface area (Å²) >= 11 is 0. The molecule has 3 fully saturated rings. The van der Waals surface area contributed by atoms with E-state index < -0.39 is 0 Å². The van der Waals surface area contributed by atoms with E-state index in [1.807, 2.05) is 37.3 Å². The van der Waals surface area contributed by atoms with Crippen molar-refractivity contribution in [1.29, 1.82) is 0 Å². The molecule has 0 aromatic heterocycles. The number of carbonyl (C=O) groups is 2. The summed E-state index contributed by atoms with van der Waals surface area (Å²) in [6.07, 6.45) is 3.37. The van der Waals surface area contributed by atoms with Gasteiger partial charge in [-0.1, -0.05) is 30.3 Å². The zero-order chi connectivity index (χ0) is 13.9. The zero-order valence-corrected chi connectivity index (χ0v) is 11.7. The van der Waals surface area contributed by atoms with Crippen LogP contribution in [0.4, 0.5) is 0 Å². The number of imide groups is 1. The van der Waals surface area contributed by atoms with Gasteiger partial charge in [0.2, 0.25) is 11.8 Å². The Balaban J connectivity index is 1.67. The fourth-order valence-corrected chi connectivity index (χ4v) is 4.69. The summed E-state index contributed by atoms with van der Waals surface area (Å²) in [5.41, 5.74) is 1.04. The Hall–Kier alpha value is -1.64. The van der Waals surface area contributed by atoms with Crippen LogP contribution in [0.15, 0.2) is 30.3 Å². The van der Waals surface area contributed by atoms with E-state index >= 15 is 0 Å². The van der Waals surface area contributed by atoms with Gasteiger partial charge in [0.15, 0.2) is 0 Å². The molecule has 0 N–H and O–H groups in total. The lowest BCUT2D eigenvalue weighted by molar-refractivity contribution is -0.143. The number of nitrogens with zero attached hydrogens (tertiary/aromatic N) is 1. The summed E-state index contributed by atoms with van der Waals surface area (Å²) in [5, 5.41) is 0. The zero-order valence-electron chi connectivity index (χ0n) is 11.7. The molecule has 1 aromatic rings. The minimum Gasteiger partial charge on any atom is -0.275 e. The first-order chi connectivity index (χ1) is 9.68. The van der Waals surface area contributed by atoms with Crippen molar-refractivity contribution < 1.29 is 9.59 Å². The first-order valence-electron chi connectivity index (χ1n) is 7.60. The minimum atomic E-state index is -0.138. The average molecular weight is 269 g/mol. The van der Waals surface area contributed by atoms with Gasteiger partial charge in [0.25, 0.3) is 0 Å². The third-order valence-corrected chi connectivity index (χ3v) is 5.63. The van der Waals surface area contributed by atoms with Crippen LogP contribution in [-0.2, 0) is 9.59 Å². The van der Waals surface area contributed by atoms with E-state index in [1.54, 1.807) is 4.90 Å². The topological polar surface area (TPSA) is 37.4 Å². The van der Waals surface area contributed by atoms with Crippen molar-refractivity contribution in [3.05, 3.63) is 35.9 Å². The van der Waals surface area contributed by atoms with Crippen LogP contribution in [0.3, 0.4) is 0 Å². The Morgan fingerprint density at radius 2 is 1.55 bits per heavy atom. The lowest BCUT2D eigenvalue weighted by Gasteiger charge is -2.24. The molecule has 1 heterocycles. The Morgan fingerprint density at radius 1 is 1.00 bits per heavy atom. The molecular formula is C17H19NO2. The van der Waals surface area contributed by atoms with Crippen LogP contribution < -0.4 is 0 Å². The van der Waals surface area contributed by atoms with Gasteiger partial charge < -0.3 is 0 Å². The minimum absolute atomic E-state index is 0.00703. The van der Waals surface area contributed by atoms with Crippen LogP contribution in [0.25, 0.3) is 0 Å². The van der Waals surface area contributed by atoms with Crippen molar-refractivity contribution in [2.24, 2.45) is 23.7 Å². The molecule has 2 bridgehead atoms. The standard InChI is InChI=1S/C17H19NO2/c1-10(11-5-3-2-4-6-11)18-16(19)14-12-7-8-13(9-12)15(14)17(18)20/h2-6,10,12-15H,7-9H2,1H3/t10-,12-,13+,14-,15-/m0/s1. The van der Waals surface area contributed by atoms with E-state index in [0.29, 0.717) is 11.8 Å². The van der Waals surface area contributed by atoms with E-state index in [2.05, 4.69) is 0 Å². The summed E-state index contributed by atoms with van der Waals surface area (Å²) in [4.78, 5) is 27.0. The van der Waals surface area contributed by atoms with Crippen molar-refractivity contribution in [3.63, 3.8) is 0 Å². The Labute approximate surface area is 119 Å². The molecule has 0 spiro atoms. The fraction of sp³-hybridized carbons (Fsp3) is 0.529. The first kappa shape index (κ1) is 12.1. The highest BCUT2D eigenvalue weighted by atomic mass is 16.2. The first-order valence-corrected chi connectivity index (χ1v) is 7.60. The second kappa shape index (κ2) is 4.18. The molecule has 1 aromatic carbocycles. The second-order valence-electron chi connectivity index (χ2n) is 6.52. The van der Waals surface area contributed by atoms with Gasteiger partial charge in [-0.05, 0) is 43.6 Å². The van der Waals surface area contributed by atoms with Crippen LogP contribution in [0.2, 0.25) is 0 Å². The van der Waals surface area contributed by atoms with Crippen LogP contribution in [-0.4, -0.2) is 16.7 Å². The number of hydrogen-bond donors (Lipinski definition) is 0. The van der Waals surface area contributed by atoms with E-state index in [1.165, 1.54) is 0 Å². The summed E-state index contributed by atoms with van der Waals surface area (Å²) in [7, 11) is 0. The van der Waals surface area contributed by atoms with Crippen LogP contribution >= 0.6 is 0 Å². The Bertz CT molecular complexity index is 540. The van der Waals surface area contributed by atoms with Gasteiger partial charge in [-0.25, -0.2) is 0 Å². The molecule has 2 aliphatic carbocycles. The summed E-state index contributed by atoms with van der Waals surface area (Å²) < 4.78 is 0. The molecule has 3 nitrogen and oxygen atoms in total. The van der Waals surface area contributed by atoms with Crippen LogP contribution in [0.1, 0.15) is 37.8 Å². The molecule has 2 saturated carbocycles. The molecule has 0 radical (unpaired) electrons. The number of fused-ring (bicyclic) bond motifs is 5. The SMILES string of the molecule is C[C@@H](c1ccccc1)N1C(=O)[C@H]2[C@@H]3CC[C@@H](C3)[C@@H]2C1=O. The summed E-state index contributed by atoms with van der Waals surface area (Å²) in [5.74, 6) is 1.09. The van der Waals surface area contributed by atoms with Gasteiger partial charge in [0.1, 0.15) is 0 Å². The van der Waals surface area contributed by atoms with Gasteiger partial charge in [0, 0.05) is 0 Å². The molecular weight excluding hydrogens is 250 g/mol.